The van der Waals surface area contributed by atoms with Gasteiger partial charge >= 0.3 is 0 Å². The van der Waals surface area contributed by atoms with Crippen LogP contribution in [0.15, 0.2) is 53.0 Å². The van der Waals surface area contributed by atoms with Crippen molar-refractivity contribution in [3.8, 4) is 17.1 Å². The Hall–Kier alpha value is -2.05. The molecule has 0 aliphatic carbocycles. The van der Waals surface area contributed by atoms with Crippen molar-refractivity contribution in [2.24, 2.45) is 5.73 Å². The predicted octanol–water partition coefficient (Wildman–Crippen LogP) is 2.59. The first-order valence-corrected chi connectivity index (χ1v) is 7.41. The third-order valence-corrected chi connectivity index (χ3v) is 3.61. The highest BCUT2D eigenvalue weighted by molar-refractivity contribution is 9.10. The van der Waals surface area contributed by atoms with Gasteiger partial charge < -0.3 is 5.73 Å². The zero-order chi connectivity index (χ0) is 14.7. The Morgan fingerprint density at radius 2 is 1.90 bits per heavy atom. The normalized spacial score (nSPS) is 10.8. The fourth-order valence-corrected chi connectivity index (χ4v) is 2.53. The molecular weight excluding hydrogens is 330 g/mol. The molecule has 0 bridgehead atoms. The maximum absolute atomic E-state index is 5.67. The second kappa shape index (κ2) is 6.15. The molecule has 0 radical (unpaired) electrons. The van der Waals surface area contributed by atoms with E-state index in [1.165, 1.54) is 0 Å². The van der Waals surface area contributed by atoms with Gasteiger partial charge in [-0.3, -0.25) is 0 Å². The van der Waals surface area contributed by atoms with Crippen LogP contribution in [0.4, 0.5) is 0 Å². The van der Waals surface area contributed by atoms with Gasteiger partial charge in [-0.05, 0) is 41.9 Å². The van der Waals surface area contributed by atoms with E-state index >= 15 is 0 Å². The zero-order valence-corrected chi connectivity index (χ0v) is 12.9. The third kappa shape index (κ3) is 3.01. The number of hydrogen-bond donors (Lipinski definition) is 1. The molecule has 0 aliphatic rings. The SMILES string of the molecule is NCCc1cc(Br)ccc1-n1nnc(-c2ccccc2)n1. The summed E-state index contributed by atoms with van der Waals surface area (Å²) in [6.45, 7) is 0.573. The molecule has 5 nitrogen and oxygen atoms in total. The molecule has 0 fully saturated rings. The first kappa shape index (κ1) is 13.9. The number of aromatic nitrogens is 4. The Balaban J connectivity index is 2.00. The number of halogens is 1. The topological polar surface area (TPSA) is 69.6 Å². The summed E-state index contributed by atoms with van der Waals surface area (Å²) in [5, 5.41) is 12.7. The third-order valence-electron chi connectivity index (χ3n) is 3.12. The van der Waals surface area contributed by atoms with Crippen molar-refractivity contribution in [2.45, 2.75) is 6.42 Å². The summed E-state index contributed by atoms with van der Waals surface area (Å²) in [6, 6.07) is 15.8. The van der Waals surface area contributed by atoms with E-state index in [0.717, 1.165) is 27.7 Å². The number of nitrogens with zero attached hydrogens (tertiary/aromatic N) is 4. The van der Waals surface area contributed by atoms with Crippen molar-refractivity contribution in [2.75, 3.05) is 6.54 Å². The molecule has 0 amide bonds. The van der Waals surface area contributed by atoms with Crippen molar-refractivity contribution < 1.29 is 0 Å². The number of rotatable bonds is 4. The Labute approximate surface area is 130 Å². The van der Waals surface area contributed by atoms with Gasteiger partial charge in [0.1, 0.15) is 0 Å². The lowest BCUT2D eigenvalue weighted by molar-refractivity contribution is 0.710. The number of benzene rings is 2. The highest BCUT2D eigenvalue weighted by atomic mass is 79.9. The van der Waals surface area contributed by atoms with Crippen molar-refractivity contribution >= 4 is 15.9 Å². The molecule has 106 valence electrons. The van der Waals surface area contributed by atoms with E-state index in [0.29, 0.717) is 12.4 Å². The second-order valence-electron chi connectivity index (χ2n) is 4.58. The van der Waals surface area contributed by atoms with E-state index in [1.807, 2.05) is 48.5 Å². The van der Waals surface area contributed by atoms with E-state index in [-0.39, 0.29) is 0 Å². The average Bonchev–Trinajstić information content (AvgIpc) is 2.98. The van der Waals surface area contributed by atoms with Gasteiger partial charge in [-0.25, -0.2) is 0 Å². The highest BCUT2D eigenvalue weighted by Gasteiger charge is 2.10. The number of hydrogen-bond acceptors (Lipinski definition) is 4. The lowest BCUT2D eigenvalue weighted by Gasteiger charge is -2.07. The van der Waals surface area contributed by atoms with E-state index in [1.54, 1.807) is 4.80 Å². The molecule has 0 atom stereocenters. The predicted molar refractivity (Wildman–Crippen MR) is 85.0 cm³/mol. The molecule has 0 spiro atoms. The quantitative estimate of drug-likeness (QED) is 0.790. The van der Waals surface area contributed by atoms with Crippen LogP contribution in [0.3, 0.4) is 0 Å². The highest BCUT2D eigenvalue weighted by Crippen LogP contribution is 2.20. The monoisotopic (exact) mass is 343 g/mol. The van der Waals surface area contributed by atoms with E-state index < -0.39 is 0 Å². The maximum atomic E-state index is 5.67. The lowest BCUT2D eigenvalue weighted by atomic mass is 10.1. The minimum Gasteiger partial charge on any atom is -0.330 e. The van der Waals surface area contributed by atoms with E-state index in [9.17, 15) is 0 Å². The van der Waals surface area contributed by atoms with Gasteiger partial charge in [0.25, 0.3) is 0 Å². The minimum atomic E-state index is 0.573. The second-order valence-corrected chi connectivity index (χ2v) is 5.50. The molecular formula is C15H14BrN5. The molecule has 21 heavy (non-hydrogen) atoms. The van der Waals surface area contributed by atoms with Crippen LogP contribution >= 0.6 is 15.9 Å². The summed E-state index contributed by atoms with van der Waals surface area (Å²) in [5.41, 5.74) is 8.61. The molecule has 2 aromatic carbocycles. The molecule has 0 saturated carbocycles. The van der Waals surface area contributed by atoms with Crippen LogP contribution < -0.4 is 5.73 Å². The van der Waals surface area contributed by atoms with Crippen LogP contribution in [0.5, 0.6) is 0 Å². The van der Waals surface area contributed by atoms with Crippen molar-refractivity contribution in [1.29, 1.82) is 0 Å². The molecule has 2 N–H and O–H groups in total. The maximum Gasteiger partial charge on any atom is 0.205 e. The Morgan fingerprint density at radius 3 is 2.67 bits per heavy atom. The van der Waals surface area contributed by atoms with Gasteiger partial charge in [-0.15, -0.1) is 15.0 Å². The summed E-state index contributed by atoms with van der Waals surface area (Å²) in [5.74, 6) is 0.609. The van der Waals surface area contributed by atoms with Gasteiger partial charge in [0.2, 0.25) is 5.82 Å². The number of nitrogens with two attached hydrogens (primary N) is 1. The minimum absolute atomic E-state index is 0.573. The molecule has 0 saturated heterocycles. The zero-order valence-electron chi connectivity index (χ0n) is 11.3. The van der Waals surface area contributed by atoms with Crippen LogP contribution in [0.1, 0.15) is 5.56 Å². The summed E-state index contributed by atoms with van der Waals surface area (Å²) in [4.78, 5) is 1.56. The van der Waals surface area contributed by atoms with Gasteiger partial charge in [0.05, 0.1) is 5.69 Å². The molecule has 0 aliphatic heterocycles. The Morgan fingerprint density at radius 1 is 1.10 bits per heavy atom. The smallest absolute Gasteiger partial charge is 0.205 e. The van der Waals surface area contributed by atoms with Gasteiger partial charge in [-0.1, -0.05) is 46.3 Å². The molecule has 3 aromatic rings. The molecule has 3 rings (SSSR count). The van der Waals surface area contributed by atoms with Crippen molar-refractivity contribution in [3.05, 3.63) is 58.6 Å². The van der Waals surface area contributed by atoms with E-state index in [2.05, 4.69) is 31.3 Å². The lowest BCUT2D eigenvalue weighted by Crippen LogP contribution is -2.08. The van der Waals surface area contributed by atoms with Crippen molar-refractivity contribution in [3.63, 3.8) is 0 Å². The van der Waals surface area contributed by atoms with Crippen LogP contribution in [-0.2, 0) is 6.42 Å². The van der Waals surface area contributed by atoms with Gasteiger partial charge in [0, 0.05) is 10.0 Å². The van der Waals surface area contributed by atoms with Crippen LogP contribution in [-0.4, -0.2) is 26.8 Å². The fourth-order valence-electron chi connectivity index (χ4n) is 2.12. The average molecular weight is 344 g/mol. The first-order valence-electron chi connectivity index (χ1n) is 6.62. The van der Waals surface area contributed by atoms with Crippen LogP contribution in [0, 0.1) is 0 Å². The van der Waals surface area contributed by atoms with Gasteiger partial charge in [0.15, 0.2) is 0 Å². The summed E-state index contributed by atoms with van der Waals surface area (Å²) < 4.78 is 1.01. The summed E-state index contributed by atoms with van der Waals surface area (Å²) >= 11 is 3.47. The van der Waals surface area contributed by atoms with Crippen molar-refractivity contribution in [1.82, 2.24) is 20.2 Å². The first-order chi connectivity index (χ1) is 10.3. The van der Waals surface area contributed by atoms with Gasteiger partial charge in [-0.2, -0.15) is 0 Å². The van der Waals surface area contributed by atoms with Crippen LogP contribution in [0.25, 0.3) is 17.1 Å². The molecule has 1 heterocycles. The molecule has 1 aromatic heterocycles. The summed E-state index contributed by atoms with van der Waals surface area (Å²) in [7, 11) is 0. The molecule has 6 heteroatoms. The summed E-state index contributed by atoms with van der Waals surface area (Å²) in [6.07, 6.45) is 0.761. The Bertz CT molecular complexity index is 739. The number of tetrazole rings is 1. The Kier molecular flexibility index (Phi) is 4.08. The molecule has 0 unspecified atom stereocenters. The largest absolute Gasteiger partial charge is 0.330 e. The standard InChI is InChI=1S/C15H14BrN5/c16-13-6-7-14(12(10-13)8-9-17)21-19-15(18-20-21)11-4-2-1-3-5-11/h1-7,10H,8-9,17H2. The van der Waals surface area contributed by atoms with E-state index in [4.69, 9.17) is 5.73 Å². The fraction of sp³-hybridized carbons (Fsp3) is 0.133. The van der Waals surface area contributed by atoms with Crippen LogP contribution in [0.2, 0.25) is 0 Å².